The molecule has 0 unspecified atom stereocenters. The molecule has 0 aliphatic heterocycles. The molecule has 4 nitrogen and oxygen atoms in total. The summed E-state index contributed by atoms with van der Waals surface area (Å²) in [5.74, 6) is -0.302. The van der Waals surface area contributed by atoms with Crippen molar-refractivity contribution in [1.29, 1.82) is 0 Å². The van der Waals surface area contributed by atoms with Crippen molar-refractivity contribution in [3.05, 3.63) is 72.8 Å². The van der Waals surface area contributed by atoms with Crippen molar-refractivity contribution in [1.82, 2.24) is 9.78 Å². The van der Waals surface area contributed by atoms with Gasteiger partial charge in [-0.25, -0.2) is 4.39 Å². The smallest absolute Gasteiger partial charge is 0.123 e. The van der Waals surface area contributed by atoms with E-state index in [4.69, 9.17) is 10.8 Å². The second kappa shape index (κ2) is 7.38. The van der Waals surface area contributed by atoms with Crippen LogP contribution in [-0.4, -0.2) is 21.5 Å². The molecule has 1 heterocycles. The SMILES string of the molecule is C=C/C=C(\C=C/N)c1cn(CCO)nc1-c1ccc(F)cc1. The van der Waals surface area contributed by atoms with Crippen LogP contribution in [0.15, 0.2) is 61.5 Å². The van der Waals surface area contributed by atoms with Crippen molar-refractivity contribution < 1.29 is 9.50 Å². The summed E-state index contributed by atoms with van der Waals surface area (Å²) in [6, 6.07) is 6.12. The van der Waals surface area contributed by atoms with E-state index in [9.17, 15) is 4.39 Å². The first-order chi connectivity index (χ1) is 10.7. The summed E-state index contributed by atoms with van der Waals surface area (Å²) in [4.78, 5) is 0. The van der Waals surface area contributed by atoms with Gasteiger partial charge < -0.3 is 10.8 Å². The normalized spacial score (nSPS) is 12.0. The Morgan fingerprint density at radius 3 is 2.68 bits per heavy atom. The number of nitrogens with zero attached hydrogens (tertiary/aromatic N) is 2. The lowest BCUT2D eigenvalue weighted by Crippen LogP contribution is -2.02. The van der Waals surface area contributed by atoms with Gasteiger partial charge in [0, 0.05) is 17.3 Å². The zero-order valence-electron chi connectivity index (χ0n) is 12.1. The Balaban J connectivity index is 2.58. The summed E-state index contributed by atoms with van der Waals surface area (Å²) >= 11 is 0. The van der Waals surface area contributed by atoms with E-state index in [1.54, 1.807) is 29.0 Å². The van der Waals surface area contributed by atoms with Gasteiger partial charge in [-0.1, -0.05) is 18.7 Å². The first kappa shape index (κ1) is 15.7. The van der Waals surface area contributed by atoms with E-state index in [2.05, 4.69) is 11.7 Å². The van der Waals surface area contributed by atoms with Gasteiger partial charge in [0.15, 0.2) is 0 Å². The number of nitrogens with two attached hydrogens (primary N) is 1. The summed E-state index contributed by atoms with van der Waals surface area (Å²) in [5, 5.41) is 13.6. The third-order valence-corrected chi connectivity index (χ3v) is 3.09. The molecule has 5 heteroatoms. The lowest BCUT2D eigenvalue weighted by molar-refractivity contribution is 0.269. The van der Waals surface area contributed by atoms with Crippen molar-refractivity contribution >= 4 is 5.57 Å². The van der Waals surface area contributed by atoms with Gasteiger partial charge in [-0.3, -0.25) is 4.68 Å². The van der Waals surface area contributed by atoms with Gasteiger partial charge in [0.1, 0.15) is 11.5 Å². The van der Waals surface area contributed by atoms with Crippen LogP contribution >= 0.6 is 0 Å². The Morgan fingerprint density at radius 2 is 2.09 bits per heavy atom. The van der Waals surface area contributed by atoms with E-state index in [0.717, 1.165) is 16.7 Å². The molecule has 1 aromatic carbocycles. The zero-order valence-corrected chi connectivity index (χ0v) is 12.1. The first-order valence-electron chi connectivity index (χ1n) is 6.85. The predicted molar refractivity (Wildman–Crippen MR) is 86.2 cm³/mol. The minimum absolute atomic E-state index is 0.0167. The Kier molecular flexibility index (Phi) is 5.27. The number of allylic oxidation sites excluding steroid dienone is 4. The highest BCUT2D eigenvalue weighted by Crippen LogP contribution is 2.28. The highest BCUT2D eigenvalue weighted by atomic mass is 19.1. The molecule has 0 spiro atoms. The standard InChI is InChI=1S/C17H18FN3O/c1-2-3-13(8-9-19)16-12-21(10-11-22)20-17(16)14-4-6-15(18)7-5-14/h2-9,12,22H,1,10-11,19H2/b9-8-,13-3+. The maximum atomic E-state index is 13.1. The number of aliphatic hydroxyl groups excluding tert-OH is 1. The van der Waals surface area contributed by atoms with Crippen molar-refractivity contribution in [3.8, 4) is 11.3 Å². The summed E-state index contributed by atoms with van der Waals surface area (Å²) in [5.41, 5.74) is 8.65. The second-order valence-electron chi connectivity index (χ2n) is 4.60. The molecule has 0 fully saturated rings. The molecule has 0 aliphatic rings. The number of hydrogen-bond donors (Lipinski definition) is 2. The topological polar surface area (TPSA) is 64.1 Å². The van der Waals surface area contributed by atoms with Crippen molar-refractivity contribution in [3.63, 3.8) is 0 Å². The predicted octanol–water partition coefficient (Wildman–Crippen LogP) is 2.72. The van der Waals surface area contributed by atoms with Gasteiger partial charge >= 0.3 is 0 Å². The molecule has 0 atom stereocenters. The second-order valence-corrected chi connectivity index (χ2v) is 4.60. The molecule has 0 saturated heterocycles. The number of hydrogen-bond acceptors (Lipinski definition) is 3. The van der Waals surface area contributed by atoms with Crippen LogP contribution in [-0.2, 0) is 6.54 Å². The Bertz CT molecular complexity index is 699. The lowest BCUT2D eigenvalue weighted by Gasteiger charge is -2.03. The number of rotatable bonds is 6. The quantitative estimate of drug-likeness (QED) is 0.806. The van der Waals surface area contributed by atoms with Gasteiger partial charge in [0.25, 0.3) is 0 Å². The first-order valence-corrected chi connectivity index (χ1v) is 6.85. The molecular formula is C17H18FN3O. The average Bonchev–Trinajstić information content (AvgIpc) is 2.92. The summed E-state index contributed by atoms with van der Waals surface area (Å²) < 4.78 is 14.8. The third kappa shape index (κ3) is 3.51. The van der Waals surface area contributed by atoms with E-state index in [-0.39, 0.29) is 12.4 Å². The van der Waals surface area contributed by atoms with Crippen LogP contribution in [0.5, 0.6) is 0 Å². The number of aromatic nitrogens is 2. The molecule has 114 valence electrons. The largest absolute Gasteiger partial charge is 0.405 e. The van der Waals surface area contributed by atoms with Gasteiger partial charge in [-0.05, 0) is 42.1 Å². The van der Waals surface area contributed by atoms with Gasteiger partial charge in [0.2, 0.25) is 0 Å². The fourth-order valence-electron chi connectivity index (χ4n) is 2.14. The van der Waals surface area contributed by atoms with E-state index < -0.39 is 0 Å². The Hall–Kier alpha value is -2.66. The average molecular weight is 299 g/mol. The summed E-state index contributed by atoms with van der Waals surface area (Å²) in [6.45, 7) is 4.06. The van der Waals surface area contributed by atoms with E-state index in [0.29, 0.717) is 12.2 Å². The van der Waals surface area contributed by atoms with Crippen LogP contribution in [0.1, 0.15) is 5.56 Å². The Morgan fingerprint density at radius 1 is 1.36 bits per heavy atom. The molecule has 0 radical (unpaired) electrons. The minimum Gasteiger partial charge on any atom is -0.405 e. The monoisotopic (exact) mass is 299 g/mol. The molecule has 2 rings (SSSR count). The maximum Gasteiger partial charge on any atom is 0.123 e. The molecule has 2 aromatic rings. The molecule has 3 N–H and O–H groups in total. The molecule has 0 bridgehead atoms. The molecule has 1 aromatic heterocycles. The van der Waals surface area contributed by atoms with Crippen LogP contribution in [0.2, 0.25) is 0 Å². The number of halogens is 1. The molecule has 0 saturated carbocycles. The van der Waals surface area contributed by atoms with Crippen molar-refractivity contribution in [2.45, 2.75) is 6.54 Å². The number of aliphatic hydroxyl groups is 1. The van der Waals surface area contributed by atoms with Crippen LogP contribution in [0.25, 0.3) is 16.8 Å². The Labute approximate surface area is 128 Å². The van der Waals surface area contributed by atoms with Gasteiger partial charge in [0.05, 0.1) is 13.2 Å². The summed E-state index contributed by atoms with van der Waals surface area (Å²) in [7, 11) is 0. The van der Waals surface area contributed by atoms with E-state index in [1.165, 1.54) is 18.3 Å². The van der Waals surface area contributed by atoms with Gasteiger partial charge in [-0.15, -0.1) is 0 Å². The van der Waals surface area contributed by atoms with E-state index >= 15 is 0 Å². The maximum absolute atomic E-state index is 13.1. The van der Waals surface area contributed by atoms with Crippen molar-refractivity contribution in [2.24, 2.45) is 5.73 Å². The molecule has 0 amide bonds. The van der Waals surface area contributed by atoms with Crippen LogP contribution in [0, 0.1) is 5.82 Å². The molecule has 0 aliphatic carbocycles. The molecule has 22 heavy (non-hydrogen) atoms. The fraction of sp³-hybridized carbons (Fsp3) is 0.118. The lowest BCUT2D eigenvalue weighted by atomic mass is 10.0. The van der Waals surface area contributed by atoms with Crippen LogP contribution in [0.3, 0.4) is 0 Å². The van der Waals surface area contributed by atoms with Crippen LogP contribution in [0.4, 0.5) is 4.39 Å². The summed E-state index contributed by atoms with van der Waals surface area (Å²) in [6.07, 6.45) is 8.48. The van der Waals surface area contributed by atoms with Crippen LogP contribution < -0.4 is 5.73 Å². The van der Waals surface area contributed by atoms with Crippen molar-refractivity contribution in [2.75, 3.05) is 6.61 Å². The highest BCUT2D eigenvalue weighted by molar-refractivity contribution is 5.84. The van der Waals surface area contributed by atoms with Gasteiger partial charge in [-0.2, -0.15) is 5.10 Å². The fourth-order valence-corrected chi connectivity index (χ4v) is 2.14. The highest BCUT2D eigenvalue weighted by Gasteiger charge is 2.13. The minimum atomic E-state index is -0.302. The molecular weight excluding hydrogens is 281 g/mol. The third-order valence-electron chi connectivity index (χ3n) is 3.09. The van der Waals surface area contributed by atoms with E-state index in [1.807, 2.05) is 12.3 Å². The number of benzene rings is 1. The zero-order chi connectivity index (χ0) is 15.9.